The smallest absolute Gasteiger partial charge is 0.335 e. The summed E-state index contributed by atoms with van der Waals surface area (Å²) in [6.07, 6.45) is 12.7. The monoisotopic (exact) mass is 491 g/mol. The first-order valence-electron chi connectivity index (χ1n) is 13.6. The highest BCUT2D eigenvalue weighted by Gasteiger charge is 2.85. The molecule has 2 heterocycles. The molecule has 1 aromatic carbocycles. The summed E-state index contributed by atoms with van der Waals surface area (Å²) in [5, 5.41) is 21.1. The summed E-state index contributed by atoms with van der Waals surface area (Å²) in [4.78, 5) is 14.6. The van der Waals surface area contributed by atoms with Gasteiger partial charge in [-0.05, 0) is 66.9 Å². The number of rotatable bonds is 5. The fourth-order valence-corrected chi connectivity index (χ4v) is 9.66. The number of benzene rings is 1. The van der Waals surface area contributed by atoms with Gasteiger partial charge in [-0.3, -0.25) is 0 Å². The first kappa shape index (κ1) is 22.9. The number of aliphatic hydroxyl groups excluding tert-OH is 1. The molecule has 0 bridgehead atoms. The summed E-state index contributed by atoms with van der Waals surface area (Å²) in [6, 6.07) is 5.84. The predicted molar refractivity (Wildman–Crippen MR) is 136 cm³/mol. The van der Waals surface area contributed by atoms with Crippen molar-refractivity contribution >= 4 is 11.7 Å². The standard InChI is InChI=1S/C30H37NO5/c1-27-14-20(35-2)10-12-23(27)30-16-29(30,19-7-5-4-6-8-19)21-11-9-18(25(32)33)13-22(21)31(30)17-28(15-24(27)28)26(34)36-3/h9-13,19,24,26,34H,4-8,14-17H2,1-3H3,(H,32,33). The zero-order valence-electron chi connectivity index (χ0n) is 21.5. The number of carboxylic acids is 1. The van der Waals surface area contributed by atoms with Crippen LogP contribution in [-0.2, 0) is 14.9 Å². The fourth-order valence-electron chi connectivity index (χ4n) is 9.66. The molecule has 1 spiro atoms. The Labute approximate surface area is 213 Å². The van der Waals surface area contributed by atoms with Crippen molar-refractivity contribution in [3.05, 3.63) is 52.8 Å². The molecular weight excluding hydrogens is 454 g/mol. The number of aliphatic hydroxyl groups is 1. The van der Waals surface area contributed by atoms with E-state index in [1.807, 2.05) is 6.07 Å². The van der Waals surface area contributed by atoms with Gasteiger partial charge in [0.05, 0.1) is 24.0 Å². The van der Waals surface area contributed by atoms with Crippen LogP contribution in [0.2, 0.25) is 0 Å². The van der Waals surface area contributed by atoms with Gasteiger partial charge in [-0.1, -0.05) is 38.3 Å². The van der Waals surface area contributed by atoms with Gasteiger partial charge in [0.1, 0.15) is 0 Å². The predicted octanol–water partition coefficient (Wildman–Crippen LogP) is 5.02. The van der Waals surface area contributed by atoms with Crippen molar-refractivity contribution < 1.29 is 24.5 Å². The highest BCUT2D eigenvalue weighted by Crippen LogP contribution is 2.83. The molecule has 0 radical (unpaired) electrons. The van der Waals surface area contributed by atoms with Gasteiger partial charge in [-0.25, -0.2) is 4.79 Å². The molecule has 6 aliphatic rings. The molecule has 6 heteroatoms. The minimum absolute atomic E-state index is 0.00128. The second-order valence-electron chi connectivity index (χ2n) is 12.6. The van der Waals surface area contributed by atoms with E-state index in [0.29, 0.717) is 18.0 Å². The topological polar surface area (TPSA) is 79.2 Å². The number of carboxylic acid groups (broad SMARTS) is 1. The molecule has 3 saturated carbocycles. The molecule has 192 valence electrons. The lowest BCUT2D eigenvalue weighted by Crippen LogP contribution is -2.47. The van der Waals surface area contributed by atoms with E-state index >= 15 is 0 Å². The van der Waals surface area contributed by atoms with Gasteiger partial charge in [0.15, 0.2) is 6.29 Å². The Morgan fingerprint density at radius 1 is 1.17 bits per heavy atom. The van der Waals surface area contributed by atoms with Crippen LogP contribution in [0.15, 0.2) is 41.7 Å². The van der Waals surface area contributed by atoms with Gasteiger partial charge in [0.2, 0.25) is 0 Å². The number of methoxy groups -OCH3 is 2. The third kappa shape index (κ3) is 2.48. The molecule has 2 N–H and O–H groups in total. The Morgan fingerprint density at radius 3 is 2.64 bits per heavy atom. The van der Waals surface area contributed by atoms with Gasteiger partial charge in [0.25, 0.3) is 0 Å². The van der Waals surface area contributed by atoms with E-state index in [0.717, 1.165) is 30.7 Å². The number of anilines is 1. The van der Waals surface area contributed by atoms with Gasteiger partial charge in [0, 0.05) is 42.0 Å². The molecule has 1 saturated heterocycles. The molecule has 6 nitrogen and oxygen atoms in total. The summed E-state index contributed by atoms with van der Waals surface area (Å²) in [6.45, 7) is 3.07. The van der Waals surface area contributed by atoms with Crippen molar-refractivity contribution in [2.24, 2.45) is 22.7 Å². The lowest BCUT2D eigenvalue weighted by atomic mass is 9.64. The number of nitrogens with zero attached hydrogens (tertiary/aromatic N) is 1. The van der Waals surface area contributed by atoms with Crippen molar-refractivity contribution in [2.45, 2.75) is 75.5 Å². The maximum absolute atomic E-state index is 12.0. The van der Waals surface area contributed by atoms with Crippen LogP contribution in [0, 0.1) is 22.7 Å². The summed E-state index contributed by atoms with van der Waals surface area (Å²) in [5.41, 5.74) is 3.48. The zero-order valence-corrected chi connectivity index (χ0v) is 21.5. The number of hydrogen-bond acceptors (Lipinski definition) is 5. The van der Waals surface area contributed by atoms with Crippen molar-refractivity contribution in [2.75, 3.05) is 25.7 Å². The maximum Gasteiger partial charge on any atom is 0.335 e. The molecule has 2 aliphatic heterocycles. The number of aromatic carboxylic acids is 1. The van der Waals surface area contributed by atoms with E-state index < -0.39 is 12.3 Å². The number of hydrogen-bond donors (Lipinski definition) is 2. The lowest BCUT2D eigenvalue weighted by molar-refractivity contribution is -0.128. The third-order valence-electron chi connectivity index (χ3n) is 11.3. The Bertz CT molecular complexity index is 1220. The van der Waals surface area contributed by atoms with Crippen LogP contribution in [0.5, 0.6) is 0 Å². The van der Waals surface area contributed by atoms with Crippen LogP contribution in [0.1, 0.15) is 74.2 Å². The van der Waals surface area contributed by atoms with Crippen LogP contribution in [0.4, 0.5) is 5.69 Å². The number of allylic oxidation sites excluding steroid dienone is 3. The van der Waals surface area contributed by atoms with Crippen molar-refractivity contribution in [1.29, 1.82) is 0 Å². The summed E-state index contributed by atoms with van der Waals surface area (Å²) < 4.78 is 11.4. The van der Waals surface area contributed by atoms with E-state index in [4.69, 9.17) is 9.47 Å². The Kier molecular flexibility index (Phi) is 4.55. The van der Waals surface area contributed by atoms with E-state index in [1.54, 1.807) is 20.3 Å². The summed E-state index contributed by atoms with van der Waals surface area (Å²) >= 11 is 0. The summed E-state index contributed by atoms with van der Waals surface area (Å²) in [5.74, 6) is 0.966. The van der Waals surface area contributed by atoms with Crippen molar-refractivity contribution in [3.8, 4) is 0 Å². The van der Waals surface area contributed by atoms with E-state index in [2.05, 4.69) is 30.0 Å². The highest BCUT2D eigenvalue weighted by molar-refractivity contribution is 5.91. The Balaban J connectivity index is 1.48. The normalized spacial score (nSPS) is 40.9. The Morgan fingerprint density at radius 2 is 1.94 bits per heavy atom. The summed E-state index contributed by atoms with van der Waals surface area (Å²) in [7, 11) is 3.35. The van der Waals surface area contributed by atoms with Crippen LogP contribution in [0.3, 0.4) is 0 Å². The highest BCUT2D eigenvalue weighted by atomic mass is 16.6. The molecule has 0 aromatic heterocycles. The molecule has 0 amide bonds. The second-order valence-corrected chi connectivity index (χ2v) is 12.6. The van der Waals surface area contributed by atoms with E-state index in [9.17, 15) is 15.0 Å². The van der Waals surface area contributed by atoms with Gasteiger partial charge >= 0.3 is 5.97 Å². The lowest BCUT2D eigenvalue weighted by Gasteiger charge is -2.43. The minimum atomic E-state index is -0.890. The van der Waals surface area contributed by atoms with Gasteiger partial charge < -0.3 is 24.6 Å². The van der Waals surface area contributed by atoms with E-state index in [1.165, 1.54) is 43.2 Å². The largest absolute Gasteiger partial charge is 0.501 e. The molecule has 6 atom stereocenters. The first-order valence-corrected chi connectivity index (χ1v) is 13.6. The van der Waals surface area contributed by atoms with Crippen LogP contribution < -0.4 is 4.90 Å². The number of ether oxygens (including phenoxy) is 2. The SMILES string of the molecule is COC1=CC=C2C(C)(C1)C1CC1(C(O)OC)CN1c3cc(C(=O)O)ccc3C3(C4CCCCC4)CC213. The molecule has 4 fully saturated rings. The molecule has 6 unspecified atom stereocenters. The molecule has 4 aliphatic carbocycles. The second kappa shape index (κ2) is 7.16. The van der Waals surface area contributed by atoms with Crippen molar-refractivity contribution in [1.82, 2.24) is 0 Å². The Hall–Kier alpha value is -2.31. The molecule has 36 heavy (non-hydrogen) atoms. The van der Waals surface area contributed by atoms with E-state index in [-0.39, 0.29) is 27.7 Å². The van der Waals surface area contributed by atoms with Gasteiger partial charge in [-0.15, -0.1) is 0 Å². The van der Waals surface area contributed by atoms with Crippen LogP contribution in [0.25, 0.3) is 0 Å². The number of carbonyl (C=O) groups is 1. The van der Waals surface area contributed by atoms with Crippen LogP contribution >= 0.6 is 0 Å². The fraction of sp³-hybridized carbons (Fsp3) is 0.633. The molecular formula is C30H37NO5. The molecule has 7 rings (SSSR count). The first-order chi connectivity index (χ1) is 17.3. The quantitative estimate of drug-likeness (QED) is 0.564. The van der Waals surface area contributed by atoms with Crippen molar-refractivity contribution in [3.63, 3.8) is 0 Å². The zero-order chi connectivity index (χ0) is 25.1. The van der Waals surface area contributed by atoms with Gasteiger partial charge in [-0.2, -0.15) is 0 Å². The third-order valence-corrected chi connectivity index (χ3v) is 11.3. The van der Waals surface area contributed by atoms with Crippen LogP contribution in [-0.4, -0.2) is 48.8 Å². The molecule has 1 aromatic rings. The maximum atomic E-state index is 12.0. The average molecular weight is 492 g/mol. The number of fused-ring (bicyclic) bond motifs is 6. The average Bonchev–Trinajstić information content (AvgIpc) is 3.79. The minimum Gasteiger partial charge on any atom is -0.501 e.